The number of hydrogen-bond donors (Lipinski definition) is 1. The van der Waals surface area contributed by atoms with Crippen molar-refractivity contribution in [1.29, 1.82) is 0 Å². The minimum Gasteiger partial charge on any atom is -0.496 e. The van der Waals surface area contributed by atoms with Crippen LogP contribution in [0, 0.1) is 0 Å². The fraction of sp³-hybridized carbons (Fsp3) is 0.500. The van der Waals surface area contributed by atoms with Gasteiger partial charge in [0, 0.05) is 6.07 Å². The van der Waals surface area contributed by atoms with Gasteiger partial charge in [-0.2, -0.15) is 0 Å². The molecule has 0 aliphatic rings. The van der Waals surface area contributed by atoms with Crippen LogP contribution in [-0.2, 0) is 16.3 Å². The molecule has 0 aromatic heterocycles. The number of alkyl halides is 2. The van der Waals surface area contributed by atoms with E-state index in [9.17, 15) is 17.2 Å². The van der Waals surface area contributed by atoms with Crippen LogP contribution < -0.4 is 15.2 Å². The summed E-state index contributed by atoms with van der Waals surface area (Å²) in [5.41, 5.74) is 6.11. The molecule has 0 fully saturated rings. The third kappa shape index (κ3) is 3.80. The highest BCUT2D eigenvalue weighted by molar-refractivity contribution is 7.91. The van der Waals surface area contributed by atoms with Crippen molar-refractivity contribution in [1.82, 2.24) is 0 Å². The zero-order valence-corrected chi connectivity index (χ0v) is 12.0. The first-order chi connectivity index (χ1) is 9.35. The second-order valence-corrected chi connectivity index (χ2v) is 6.03. The van der Waals surface area contributed by atoms with Gasteiger partial charge in [-0.3, -0.25) is 0 Å². The normalized spacial score (nSPS) is 11.7. The standard InChI is InChI=1S/C12H17F2NO4S/c1-18-9-6-11(20(16,17)7-12(13)14)10(19-2)5-8(9)3-4-15/h5-6,12H,3-4,7,15H2,1-2H3. The van der Waals surface area contributed by atoms with Crippen LogP contribution in [0.5, 0.6) is 11.5 Å². The van der Waals surface area contributed by atoms with E-state index in [1.54, 1.807) is 0 Å². The lowest BCUT2D eigenvalue weighted by Crippen LogP contribution is -2.15. The van der Waals surface area contributed by atoms with Crippen molar-refractivity contribution in [2.45, 2.75) is 17.7 Å². The molecule has 0 amide bonds. The van der Waals surface area contributed by atoms with Crippen LogP contribution in [0.2, 0.25) is 0 Å². The average molecular weight is 309 g/mol. The number of nitrogens with two attached hydrogens (primary N) is 1. The maximum atomic E-state index is 12.4. The summed E-state index contributed by atoms with van der Waals surface area (Å²) in [6.45, 7) is 0.336. The minimum atomic E-state index is -4.15. The van der Waals surface area contributed by atoms with E-state index in [0.29, 0.717) is 18.5 Å². The molecule has 1 aromatic carbocycles. The zero-order valence-electron chi connectivity index (χ0n) is 11.2. The fourth-order valence-electron chi connectivity index (χ4n) is 1.78. The van der Waals surface area contributed by atoms with Gasteiger partial charge in [0.15, 0.2) is 9.84 Å². The molecule has 0 unspecified atom stereocenters. The van der Waals surface area contributed by atoms with Crippen molar-refractivity contribution in [2.75, 3.05) is 26.5 Å². The van der Waals surface area contributed by atoms with E-state index in [1.807, 2.05) is 0 Å². The molecule has 0 aliphatic carbocycles. The van der Waals surface area contributed by atoms with Crippen LogP contribution in [0.3, 0.4) is 0 Å². The van der Waals surface area contributed by atoms with Crippen molar-refractivity contribution in [3.63, 3.8) is 0 Å². The number of rotatable bonds is 7. The van der Waals surface area contributed by atoms with Gasteiger partial charge in [-0.15, -0.1) is 0 Å². The van der Waals surface area contributed by atoms with Crippen LogP contribution in [0.1, 0.15) is 5.56 Å². The Hall–Kier alpha value is -1.41. The van der Waals surface area contributed by atoms with Gasteiger partial charge >= 0.3 is 0 Å². The lowest BCUT2D eigenvalue weighted by atomic mass is 10.1. The first-order valence-electron chi connectivity index (χ1n) is 5.81. The third-order valence-corrected chi connectivity index (χ3v) is 4.34. The predicted octanol–water partition coefficient (Wildman–Crippen LogP) is 1.24. The number of sulfone groups is 1. The highest BCUT2D eigenvalue weighted by atomic mass is 32.2. The Morgan fingerprint density at radius 1 is 1.20 bits per heavy atom. The van der Waals surface area contributed by atoms with Gasteiger partial charge in [-0.1, -0.05) is 0 Å². The molecule has 1 aromatic rings. The van der Waals surface area contributed by atoms with Crippen molar-refractivity contribution in [3.05, 3.63) is 17.7 Å². The van der Waals surface area contributed by atoms with E-state index in [-0.39, 0.29) is 16.4 Å². The molecule has 1 rings (SSSR count). The SMILES string of the molecule is COc1cc(S(=O)(=O)CC(F)F)c(OC)cc1CCN. The summed E-state index contributed by atoms with van der Waals surface area (Å²) in [6.07, 6.45) is -2.51. The molecule has 0 radical (unpaired) electrons. The topological polar surface area (TPSA) is 78.6 Å². The highest BCUT2D eigenvalue weighted by Crippen LogP contribution is 2.33. The summed E-state index contributed by atoms with van der Waals surface area (Å²) in [6, 6.07) is 2.64. The van der Waals surface area contributed by atoms with Crippen molar-refractivity contribution in [2.24, 2.45) is 5.73 Å². The maximum Gasteiger partial charge on any atom is 0.252 e. The molecule has 0 aliphatic heterocycles. The zero-order chi connectivity index (χ0) is 15.3. The van der Waals surface area contributed by atoms with E-state index < -0.39 is 22.0 Å². The van der Waals surface area contributed by atoms with E-state index in [0.717, 1.165) is 0 Å². The van der Waals surface area contributed by atoms with Gasteiger partial charge in [0.05, 0.1) is 14.2 Å². The molecule has 5 nitrogen and oxygen atoms in total. The number of ether oxygens (including phenoxy) is 2. The van der Waals surface area contributed by atoms with Crippen LogP contribution in [-0.4, -0.2) is 41.4 Å². The third-order valence-electron chi connectivity index (χ3n) is 2.66. The number of benzene rings is 1. The van der Waals surface area contributed by atoms with Crippen LogP contribution in [0.15, 0.2) is 17.0 Å². The monoisotopic (exact) mass is 309 g/mol. The summed E-state index contributed by atoms with van der Waals surface area (Å²) < 4.78 is 58.6. The Kier molecular flexibility index (Phi) is 5.70. The van der Waals surface area contributed by atoms with Gasteiger partial charge in [0.25, 0.3) is 6.43 Å². The summed E-state index contributed by atoms with van der Waals surface area (Å²) in [5.74, 6) is -0.970. The molecule has 0 spiro atoms. The van der Waals surface area contributed by atoms with Crippen molar-refractivity contribution < 1.29 is 26.7 Å². The van der Waals surface area contributed by atoms with E-state index >= 15 is 0 Å². The number of hydrogen-bond acceptors (Lipinski definition) is 5. The predicted molar refractivity (Wildman–Crippen MR) is 70.4 cm³/mol. The van der Waals surface area contributed by atoms with Gasteiger partial charge in [-0.05, 0) is 24.6 Å². The Morgan fingerprint density at radius 2 is 1.80 bits per heavy atom. The summed E-state index contributed by atoms with van der Waals surface area (Å²) in [4.78, 5) is -0.307. The summed E-state index contributed by atoms with van der Waals surface area (Å²) in [5, 5.41) is 0. The molecule has 0 saturated carbocycles. The lowest BCUT2D eigenvalue weighted by molar-refractivity contribution is 0.174. The minimum absolute atomic E-state index is 0.00917. The number of halogens is 2. The quantitative estimate of drug-likeness (QED) is 0.820. The Morgan fingerprint density at radius 3 is 2.25 bits per heavy atom. The Balaban J connectivity index is 3.39. The van der Waals surface area contributed by atoms with Crippen molar-refractivity contribution >= 4 is 9.84 Å². The van der Waals surface area contributed by atoms with E-state index in [2.05, 4.69) is 0 Å². The van der Waals surface area contributed by atoms with Gasteiger partial charge in [-0.25, -0.2) is 17.2 Å². The summed E-state index contributed by atoms with van der Waals surface area (Å²) >= 11 is 0. The largest absolute Gasteiger partial charge is 0.496 e. The first-order valence-corrected chi connectivity index (χ1v) is 7.46. The molecule has 0 atom stereocenters. The molecule has 20 heavy (non-hydrogen) atoms. The fourth-order valence-corrected chi connectivity index (χ4v) is 3.03. The highest BCUT2D eigenvalue weighted by Gasteiger charge is 2.26. The first kappa shape index (κ1) is 16.6. The van der Waals surface area contributed by atoms with Crippen LogP contribution in [0.25, 0.3) is 0 Å². The molecule has 0 heterocycles. The molecule has 2 N–H and O–H groups in total. The van der Waals surface area contributed by atoms with Crippen LogP contribution >= 0.6 is 0 Å². The maximum absolute atomic E-state index is 12.4. The van der Waals surface area contributed by atoms with Gasteiger partial charge < -0.3 is 15.2 Å². The molecule has 8 heteroatoms. The smallest absolute Gasteiger partial charge is 0.252 e. The molecule has 0 bridgehead atoms. The van der Waals surface area contributed by atoms with E-state index in [4.69, 9.17) is 15.2 Å². The van der Waals surface area contributed by atoms with Crippen LogP contribution in [0.4, 0.5) is 8.78 Å². The molecule has 114 valence electrons. The molecular weight excluding hydrogens is 292 g/mol. The van der Waals surface area contributed by atoms with Gasteiger partial charge in [0.2, 0.25) is 0 Å². The molecular formula is C12H17F2NO4S. The lowest BCUT2D eigenvalue weighted by Gasteiger charge is -2.14. The number of methoxy groups -OCH3 is 2. The Labute approximate surface area is 116 Å². The van der Waals surface area contributed by atoms with Gasteiger partial charge in [0.1, 0.15) is 22.1 Å². The van der Waals surface area contributed by atoms with E-state index in [1.165, 1.54) is 26.4 Å². The Bertz CT molecular complexity index is 561. The second kappa shape index (κ2) is 6.85. The van der Waals surface area contributed by atoms with Crippen molar-refractivity contribution in [3.8, 4) is 11.5 Å². The summed E-state index contributed by atoms with van der Waals surface area (Å²) in [7, 11) is -1.51. The molecule has 0 saturated heterocycles. The average Bonchev–Trinajstić information content (AvgIpc) is 2.36. The second-order valence-electron chi connectivity index (χ2n) is 4.03.